The zero-order valence-corrected chi connectivity index (χ0v) is 12.3. The van der Waals surface area contributed by atoms with E-state index in [1.165, 1.54) is 26.2 Å². The number of esters is 1. The van der Waals surface area contributed by atoms with Crippen LogP contribution in [0.5, 0.6) is 0 Å². The van der Waals surface area contributed by atoms with Gasteiger partial charge in [0, 0.05) is 0 Å². The number of nitrogens with one attached hydrogen (secondary N) is 1. The van der Waals surface area contributed by atoms with Crippen LogP contribution >= 0.6 is 0 Å². The van der Waals surface area contributed by atoms with Crippen LogP contribution in [-0.4, -0.2) is 44.7 Å². The van der Waals surface area contributed by atoms with E-state index in [-0.39, 0.29) is 10.5 Å². The molecular weight excluding hydrogens is 300 g/mol. The number of carbonyl (C=O) groups is 2. The van der Waals surface area contributed by atoms with Crippen LogP contribution in [0.1, 0.15) is 17.3 Å². The van der Waals surface area contributed by atoms with Crippen molar-refractivity contribution in [2.45, 2.75) is 24.0 Å². The summed E-state index contributed by atoms with van der Waals surface area (Å²) in [6.45, 7) is 1.43. The summed E-state index contributed by atoms with van der Waals surface area (Å²) in [5.74, 6) is -1.14. The summed E-state index contributed by atoms with van der Waals surface area (Å²) in [7, 11) is -2.33. The molecule has 1 aliphatic heterocycles. The minimum Gasteiger partial charge on any atom is -0.468 e. The molecule has 1 aliphatic rings. The van der Waals surface area contributed by atoms with Gasteiger partial charge in [0.1, 0.15) is 10.9 Å². The average molecular weight is 316 g/mol. The van der Waals surface area contributed by atoms with E-state index in [4.69, 9.17) is 10.8 Å². The Morgan fingerprint density at radius 1 is 1.38 bits per heavy atom. The summed E-state index contributed by atoms with van der Waals surface area (Å²) >= 11 is 0. The first-order valence-corrected chi connectivity index (χ1v) is 7.36. The van der Waals surface area contributed by atoms with E-state index in [0.717, 1.165) is 0 Å². The molecule has 1 heterocycles. The summed E-state index contributed by atoms with van der Waals surface area (Å²) < 4.78 is 28.4. The molecule has 0 saturated carbocycles. The second-order valence-electron chi connectivity index (χ2n) is 4.22. The van der Waals surface area contributed by atoms with Gasteiger partial charge in [0.25, 0.3) is 15.9 Å². The number of hydrogen-bond donors (Lipinski definition) is 3. The van der Waals surface area contributed by atoms with Crippen LogP contribution in [0.3, 0.4) is 0 Å². The fraction of sp³-hybridized carbons (Fsp3) is 0.333. The Balaban J connectivity index is 0.000000222. The van der Waals surface area contributed by atoms with Gasteiger partial charge in [-0.1, -0.05) is 12.1 Å². The van der Waals surface area contributed by atoms with Crippen molar-refractivity contribution in [2.75, 3.05) is 7.11 Å². The second-order valence-corrected chi connectivity index (χ2v) is 5.87. The van der Waals surface area contributed by atoms with Gasteiger partial charge in [0.05, 0.1) is 18.8 Å². The maximum atomic E-state index is 11.1. The lowest BCUT2D eigenvalue weighted by Gasteiger charge is -2.10. The molecule has 1 aromatic rings. The predicted octanol–water partition coefficient (Wildman–Crippen LogP) is -1.01. The van der Waals surface area contributed by atoms with Gasteiger partial charge in [-0.2, -0.15) is 0 Å². The van der Waals surface area contributed by atoms with Crippen LogP contribution in [0.15, 0.2) is 29.2 Å². The lowest BCUT2D eigenvalue weighted by molar-refractivity contribution is -0.144. The van der Waals surface area contributed by atoms with Crippen molar-refractivity contribution in [1.29, 1.82) is 0 Å². The van der Waals surface area contributed by atoms with E-state index in [0.29, 0.717) is 0 Å². The molecule has 0 fully saturated rings. The number of carbonyl (C=O) groups excluding carboxylic acids is 2. The van der Waals surface area contributed by atoms with Gasteiger partial charge in [0.15, 0.2) is 0 Å². The highest BCUT2D eigenvalue weighted by Crippen LogP contribution is 2.20. The number of aliphatic hydroxyl groups is 1. The first-order chi connectivity index (χ1) is 9.70. The summed E-state index contributed by atoms with van der Waals surface area (Å²) in [6, 6.07) is 5.17. The fourth-order valence-electron chi connectivity index (χ4n) is 1.45. The number of methoxy groups -OCH3 is 1. The van der Waals surface area contributed by atoms with Crippen LogP contribution in [0.25, 0.3) is 0 Å². The molecule has 4 N–H and O–H groups in total. The number of aliphatic hydroxyl groups excluding tert-OH is 1. The Labute approximate surface area is 122 Å². The number of nitrogens with two attached hydrogens (primary N) is 1. The normalized spacial score (nSPS) is 17.6. The number of benzene rings is 1. The molecule has 0 aliphatic carbocycles. The maximum Gasteiger partial charge on any atom is 0.325 e. The molecule has 0 spiro atoms. The smallest absolute Gasteiger partial charge is 0.325 e. The van der Waals surface area contributed by atoms with Crippen molar-refractivity contribution in [3.8, 4) is 0 Å². The van der Waals surface area contributed by atoms with E-state index in [2.05, 4.69) is 4.74 Å². The molecular formula is C12H16N2O6S. The topological polar surface area (TPSA) is 136 Å². The Morgan fingerprint density at radius 3 is 2.38 bits per heavy atom. The molecule has 2 unspecified atom stereocenters. The monoisotopic (exact) mass is 316 g/mol. The van der Waals surface area contributed by atoms with Gasteiger partial charge in [-0.25, -0.2) is 13.1 Å². The zero-order valence-electron chi connectivity index (χ0n) is 11.4. The third-order valence-corrected chi connectivity index (χ3v) is 4.03. The van der Waals surface area contributed by atoms with Gasteiger partial charge < -0.3 is 15.6 Å². The van der Waals surface area contributed by atoms with E-state index in [9.17, 15) is 18.0 Å². The molecule has 1 amide bonds. The standard InChI is InChI=1S/C7H5NO3S.C5H11NO3/c9-7-5-3-1-2-4-6(5)12(10,11)8-7;1-3(7)4(6)5(8)9-2/h1-4H,(H,8,9);3-4,7H,6H2,1-2H3. The molecule has 116 valence electrons. The minimum absolute atomic E-state index is 0.0648. The Morgan fingerprint density at radius 2 is 1.95 bits per heavy atom. The number of hydrogen-bond acceptors (Lipinski definition) is 7. The molecule has 0 bridgehead atoms. The number of amides is 1. The quantitative estimate of drug-likeness (QED) is 0.594. The molecule has 2 rings (SSSR count). The molecule has 9 heteroatoms. The van der Waals surface area contributed by atoms with Gasteiger partial charge in [0.2, 0.25) is 0 Å². The average Bonchev–Trinajstić information content (AvgIpc) is 2.68. The first kappa shape index (κ1) is 17.1. The van der Waals surface area contributed by atoms with Gasteiger partial charge in [-0.3, -0.25) is 9.59 Å². The molecule has 21 heavy (non-hydrogen) atoms. The number of rotatable bonds is 2. The van der Waals surface area contributed by atoms with Crippen LogP contribution in [0.4, 0.5) is 0 Å². The molecule has 0 aromatic heterocycles. The first-order valence-electron chi connectivity index (χ1n) is 5.88. The van der Waals surface area contributed by atoms with Gasteiger partial charge in [-0.15, -0.1) is 0 Å². The maximum absolute atomic E-state index is 11.1. The van der Waals surface area contributed by atoms with Crippen LogP contribution < -0.4 is 10.5 Å². The predicted molar refractivity (Wildman–Crippen MR) is 72.8 cm³/mol. The van der Waals surface area contributed by atoms with Crippen molar-refractivity contribution in [2.24, 2.45) is 5.73 Å². The number of fused-ring (bicyclic) bond motifs is 1. The lowest BCUT2D eigenvalue weighted by Crippen LogP contribution is -2.40. The highest BCUT2D eigenvalue weighted by atomic mass is 32.2. The van der Waals surface area contributed by atoms with Crippen molar-refractivity contribution in [1.82, 2.24) is 4.72 Å². The summed E-state index contributed by atoms with van der Waals surface area (Å²) in [6.07, 6.45) is -0.850. The van der Waals surface area contributed by atoms with Crippen LogP contribution in [0, 0.1) is 0 Å². The fourth-order valence-corrected chi connectivity index (χ4v) is 2.63. The van der Waals surface area contributed by atoms with Gasteiger partial charge in [-0.05, 0) is 19.1 Å². The van der Waals surface area contributed by atoms with Crippen LogP contribution in [-0.2, 0) is 19.6 Å². The third kappa shape index (κ3) is 4.00. The Hall–Kier alpha value is -1.97. The minimum atomic E-state index is -3.55. The third-order valence-electron chi connectivity index (χ3n) is 2.64. The van der Waals surface area contributed by atoms with Crippen molar-refractivity contribution in [3.63, 3.8) is 0 Å². The molecule has 0 radical (unpaired) electrons. The van der Waals surface area contributed by atoms with E-state index >= 15 is 0 Å². The van der Waals surface area contributed by atoms with Crippen molar-refractivity contribution >= 4 is 21.9 Å². The summed E-state index contributed by atoms with van der Waals surface area (Å²) in [5.41, 5.74) is 5.37. The molecule has 0 saturated heterocycles. The lowest BCUT2D eigenvalue weighted by atomic mass is 10.2. The SMILES string of the molecule is COC(=O)C(N)C(C)O.O=C1NS(=O)(=O)c2ccccc21. The van der Waals surface area contributed by atoms with E-state index in [1.807, 2.05) is 4.72 Å². The summed E-state index contributed by atoms with van der Waals surface area (Å²) in [4.78, 5) is 21.5. The van der Waals surface area contributed by atoms with Crippen LogP contribution in [0.2, 0.25) is 0 Å². The van der Waals surface area contributed by atoms with E-state index < -0.39 is 34.0 Å². The summed E-state index contributed by atoms with van der Waals surface area (Å²) in [5, 5.41) is 8.70. The Kier molecular flexibility index (Phi) is 5.41. The highest BCUT2D eigenvalue weighted by Gasteiger charge is 2.31. The molecule has 1 aromatic carbocycles. The molecule has 2 atom stereocenters. The zero-order chi connectivity index (χ0) is 16.2. The number of ether oxygens (including phenoxy) is 1. The van der Waals surface area contributed by atoms with Gasteiger partial charge >= 0.3 is 5.97 Å². The second kappa shape index (κ2) is 6.66. The Bertz CT molecular complexity index is 641. The highest BCUT2D eigenvalue weighted by molar-refractivity contribution is 7.90. The number of sulfonamides is 1. The van der Waals surface area contributed by atoms with E-state index in [1.54, 1.807) is 12.1 Å². The molecule has 8 nitrogen and oxygen atoms in total. The van der Waals surface area contributed by atoms with Crippen molar-refractivity contribution in [3.05, 3.63) is 29.8 Å². The van der Waals surface area contributed by atoms with Crippen molar-refractivity contribution < 1.29 is 27.9 Å². The largest absolute Gasteiger partial charge is 0.468 e.